The van der Waals surface area contributed by atoms with Gasteiger partial charge in [-0.1, -0.05) is 30.0 Å². The van der Waals surface area contributed by atoms with Crippen LogP contribution in [0, 0.1) is 18.8 Å². The van der Waals surface area contributed by atoms with E-state index in [-0.39, 0.29) is 11.0 Å². The molecule has 2 N–H and O–H groups in total. The van der Waals surface area contributed by atoms with Crippen LogP contribution in [0.2, 0.25) is 0 Å². The number of thiocarbonyl (C=S) groups is 1. The number of carbonyl (C=O) groups is 1. The number of anilines is 1. The summed E-state index contributed by atoms with van der Waals surface area (Å²) in [6.45, 7) is 4.31. The Bertz CT molecular complexity index is 861. The van der Waals surface area contributed by atoms with Crippen LogP contribution in [0.3, 0.4) is 0 Å². The van der Waals surface area contributed by atoms with Gasteiger partial charge in [0.2, 0.25) is 5.91 Å². The first-order chi connectivity index (χ1) is 12.3. The third-order valence-electron chi connectivity index (χ3n) is 3.58. The van der Waals surface area contributed by atoms with Crippen LogP contribution in [0.15, 0.2) is 42.5 Å². The number of nitrogens with zero attached hydrogens (tertiary/aromatic N) is 1. The minimum absolute atomic E-state index is 0.200. The summed E-state index contributed by atoms with van der Waals surface area (Å²) < 4.78 is 0. The lowest BCUT2D eigenvalue weighted by atomic mass is 10.1. The van der Waals surface area contributed by atoms with Crippen molar-refractivity contribution in [1.29, 1.82) is 0 Å². The first-order valence-corrected chi connectivity index (χ1v) is 8.69. The van der Waals surface area contributed by atoms with Gasteiger partial charge in [-0.05, 0) is 68.6 Å². The smallest absolute Gasteiger partial charge is 0.222 e. The van der Waals surface area contributed by atoms with Gasteiger partial charge in [0, 0.05) is 30.3 Å². The van der Waals surface area contributed by atoms with Crippen LogP contribution in [0.4, 0.5) is 5.69 Å². The van der Waals surface area contributed by atoms with Gasteiger partial charge in [0.25, 0.3) is 0 Å². The summed E-state index contributed by atoms with van der Waals surface area (Å²) in [5, 5.41) is 5.87. The third kappa shape index (κ3) is 6.32. The molecule has 0 saturated carbocycles. The summed E-state index contributed by atoms with van der Waals surface area (Å²) in [4.78, 5) is 13.2. The van der Waals surface area contributed by atoms with Crippen LogP contribution in [-0.4, -0.2) is 30.0 Å². The molecule has 0 spiro atoms. The first kappa shape index (κ1) is 19.6. The normalized spacial score (nSPS) is 10.0. The molecule has 5 heteroatoms. The van der Waals surface area contributed by atoms with Gasteiger partial charge in [-0.3, -0.25) is 4.79 Å². The van der Waals surface area contributed by atoms with E-state index in [4.69, 9.17) is 12.2 Å². The minimum Gasteiger partial charge on any atom is -0.332 e. The van der Waals surface area contributed by atoms with Crippen molar-refractivity contribution in [2.45, 2.75) is 20.4 Å². The summed E-state index contributed by atoms with van der Waals surface area (Å²) in [5.74, 6) is 6.15. The standard InChI is InChI=1S/C21H23N3OS/c1-15-5-6-18(13-20(15)23-21(26)22-16(2)25)10-7-17-8-11-19(12-9-17)14-24(3)4/h5-6,8-9,11-13H,14H2,1-4H3,(H2,22,23,25,26). The molecule has 26 heavy (non-hydrogen) atoms. The zero-order chi connectivity index (χ0) is 19.1. The molecule has 2 aromatic rings. The maximum atomic E-state index is 11.1. The molecule has 0 heterocycles. The Hall–Kier alpha value is -2.68. The van der Waals surface area contributed by atoms with Gasteiger partial charge in [0.1, 0.15) is 0 Å². The zero-order valence-corrected chi connectivity index (χ0v) is 16.3. The largest absolute Gasteiger partial charge is 0.332 e. The van der Waals surface area contributed by atoms with E-state index >= 15 is 0 Å². The van der Waals surface area contributed by atoms with E-state index in [1.807, 2.05) is 51.4 Å². The van der Waals surface area contributed by atoms with Crippen molar-refractivity contribution in [3.8, 4) is 11.8 Å². The van der Waals surface area contributed by atoms with Crippen LogP contribution in [0.5, 0.6) is 0 Å². The maximum Gasteiger partial charge on any atom is 0.222 e. The molecular formula is C21H23N3OS. The van der Waals surface area contributed by atoms with Crippen molar-refractivity contribution in [3.63, 3.8) is 0 Å². The van der Waals surface area contributed by atoms with Gasteiger partial charge in [-0.2, -0.15) is 0 Å². The molecule has 2 rings (SSSR count). The topological polar surface area (TPSA) is 44.4 Å². The number of amides is 1. The van der Waals surface area contributed by atoms with E-state index in [9.17, 15) is 4.79 Å². The molecule has 0 aliphatic heterocycles. The van der Waals surface area contributed by atoms with Crippen molar-refractivity contribution in [2.24, 2.45) is 0 Å². The lowest BCUT2D eigenvalue weighted by Gasteiger charge is -2.11. The molecule has 134 valence electrons. The van der Waals surface area contributed by atoms with Gasteiger partial charge in [0.05, 0.1) is 0 Å². The predicted molar refractivity (Wildman–Crippen MR) is 111 cm³/mol. The number of carbonyl (C=O) groups excluding carboxylic acids is 1. The molecule has 4 nitrogen and oxygen atoms in total. The second kappa shape index (κ2) is 9.14. The molecule has 0 aliphatic rings. The summed E-state index contributed by atoms with van der Waals surface area (Å²) in [6.07, 6.45) is 0. The van der Waals surface area contributed by atoms with Crippen LogP contribution >= 0.6 is 12.2 Å². The number of nitrogens with one attached hydrogen (secondary N) is 2. The van der Waals surface area contributed by atoms with Crippen molar-refractivity contribution >= 4 is 28.9 Å². The highest BCUT2D eigenvalue weighted by atomic mass is 32.1. The number of aryl methyl sites for hydroxylation is 1. The fourth-order valence-electron chi connectivity index (χ4n) is 2.35. The van der Waals surface area contributed by atoms with Gasteiger partial charge in [0.15, 0.2) is 5.11 Å². The van der Waals surface area contributed by atoms with E-state index in [2.05, 4.69) is 39.5 Å². The molecule has 1 amide bonds. The Labute approximate surface area is 160 Å². The number of benzene rings is 2. The Morgan fingerprint density at radius 2 is 1.69 bits per heavy atom. The van der Waals surface area contributed by atoms with Crippen LogP contribution in [0.1, 0.15) is 29.2 Å². The molecule has 0 fully saturated rings. The summed E-state index contributed by atoms with van der Waals surface area (Å²) in [5.41, 5.74) is 4.96. The fraction of sp³-hybridized carbons (Fsp3) is 0.238. The van der Waals surface area contributed by atoms with Gasteiger partial charge in [-0.25, -0.2) is 0 Å². The van der Waals surface area contributed by atoms with Crippen LogP contribution < -0.4 is 10.6 Å². The summed E-state index contributed by atoms with van der Waals surface area (Å²) in [7, 11) is 4.10. The number of hydrogen-bond acceptors (Lipinski definition) is 3. The maximum absolute atomic E-state index is 11.1. The van der Waals surface area contributed by atoms with E-state index in [0.29, 0.717) is 0 Å². The highest BCUT2D eigenvalue weighted by Crippen LogP contribution is 2.16. The van der Waals surface area contributed by atoms with Crippen molar-refractivity contribution in [2.75, 3.05) is 19.4 Å². The molecule has 0 saturated heterocycles. The minimum atomic E-state index is -0.200. The van der Waals surface area contributed by atoms with Crippen LogP contribution in [0.25, 0.3) is 0 Å². The highest BCUT2D eigenvalue weighted by molar-refractivity contribution is 7.80. The lowest BCUT2D eigenvalue weighted by Crippen LogP contribution is -2.32. The molecule has 0 aromatic heterocycles. The molecule has 0 aliphatic carbocycles. The number of hydrogen-bond donors (Lipinski definition) is 2. The van der Waals surface area contributed by atoms with E-state index in [0.717, 1.165) is 28.9 Å². The zero-order valence-electron chi connectivity index (χ0n) is 15.5. The Morgan fingerprint density at radius 1 is 1.08 bits per heavy atom. The summed E-state index contributed by atoms with van der Waals surface area (Å²) in [6, 6.07) is 14.1. The second-order valence-electron chi connectivity index (χ2n) is 6.35. The Morgan fingerprint density at radius 3 is 2.31 bits per heavy atom. The highest BCUT2D eigenvalue weighted by Gasteiger charge is 2.03. The fourth-order valence-corrected chi connectivity index (χ4v) is 2.60. The summed E-state index contributed by atoms with van der Waals surface area (Å²) >= 11 is 5.12. The van der Waals surface area contributed by atoms with Gasteiger partial charge >= 0.3 is 0 Å². The quantitative estimate of drug-likeness (QED) is 0.647. The molecule has 0 unspecified atom stereocenters. The molecule has 2 aromatic carbocycles. The Balaban J connectivity index is 2.13. The molecule has 0 bridgehead atoms. The van der Waals surface area contributed by atoms with Crippen molar-refractivity contribution in [3.05, 3.63) is 64.7 Å². The predicted octanol–water partition coefficient (Wildman–Crippen LogP) is 3.29. The average Bonchev–Trinajstić information content (AvgIpc) is 2.55. The van der Waals surface area contributed by atoms with E-state index < -0.39 is 0 Å². The monoisotopic (exact) mass is 365 g/mol. The van der Waals surface area contributed by atoms with Crippen molar-refractivity contribution < 1.29 is 4.79 Å². The van der Waals surface area contributed by atoms with Crippen molar-refractivity contribution in [1.82, 2.24) is 10.2 Å². The molecule has 0 atom stereocenters. The lowest BCUT2D eigenvalue weighted by molar-refractivity contribution is -0.117. The Kier molecular flexibility index (Phi) is 6.90. The third-order valence-corrected chi connectivity index (χ3v) is 3.78. The molecule has 0 radical (unpaired) electrons. The first-order valence-electron chi connectivity index (χ1n) is 8.28. The SMILES string of the molecule is CC(=O)NC(=S)Nc1cc(C#Cc2ccc(CN(C)C)cc2)ccc1C. The average molecular weight is 366 g/mol. The van der Waals surface area contributed by atoms with E-state index in [1.165, 1.54) is 12.5 Å². The molecular weight excluding hydrogens is 342 g/mol. The number of rotatable bonds is 3. The van der Waals surface area contributed by atoms with Crippen LogP contribution in [-0.2, 0) is 11.3 Å². The second-order valence-corrected chi connectivity index (χ2v) is 6.76. The van der Waals surface area contributed by atoms with E-state index in [1.54, 1.807) is 0 Å². The van der Waals surface area contributed by atoms with Gasteiger partial charge < -0.3 is 15.5 Å². The van der Waals surface area contributed by atoms with Gasteiger partial charge in [-0.15, -0.1) is 0 Å².